The van der Waals surface area contributed by atoms with Crippen molar-refractivity contribution < 1.29 is 17.9 Å². The molecule has 1 saturated heterocycles. The maximum atomic E-state index is 13.7. The number of halogens is 3. The zero-order chi connectivity index (χ0) is 13.1. The van der Waals surface area contributed by atoms with Gasteiger partial charge in [0, 0.05) is 30.3 Å². The maximum Gasteiger partial charge on any atom is 0.133 e. The molecule has 1 fully saturated rings. The quantitative estimate of drug-likeness (QED) is 0.897. The summed E-state index contributed by atoms with van der Waals surface area (Å²) in [6, 6.07) is 0.907. The molecule has 2 rings (SSSR count). The number of nitrogens with one attached hydrogen (secondary N) is 1. The summed E-state index contributed by atoms with van der Waals surface area (Å²) in [5.41, 5.74) is -0.116. The van der Waals surface area contributed by atoms with E-state index < -0.39 is 23.5 Å². The van der Waals surface area contributed by atoms with E-state index in [9.17, 15) is 13.2 Å². The second kappa shape index (κ2) is 5.71. The van der Waals surface area contributed by atoms with Crippen molar-refractivity contribution >= 4 is 0 Å². The van der Waals surface area contributed by atoms with E-state index in [-0.39, 0.29) is 11.7 Å². The fourth-order valence-electron chi connectivity index (χ4n) is 2.36. The van der Waals surface area contributed by atoms with Crippen LogP contribution in [0.3, 0.4) is 0 Å². The van der Waals surface area contributed by atoms with Crippen LogP contribution in [0.5, 0.6) is 0 Å². The third-order valence-corrected chi connectivity index (χ3v) is 3.26. The lowest BCUT2D eigenvalue weighted by Gasteiger charge is -2.21. The summed E-state index contributed by atoms with van der Waals surface area (Å²) in [7, 11) is 1.63. The van der Waals surface area contributed by atoms with E-state index in [0.717, 1.165) is 12.8 Å². The molecule has 1 aliphatic heterocycles. The molecule has 18 heavy (non-hydrogen) atoms. The Kier molecular flexibility index (Phi) is 4.24. The largest absolute Gasteiger partial charge is 0.378 e. The van der Waals surface area contributed by atoms with E-state index in [1.165, 1.54) is 0 Å². The Morgan fingerprint density at radius 1 is 1.33 bits per heavy atom. The maximum absolute atomic E-state index is 13.7. The molecule has 1 heterocycles. The predicted molar refractivity (Wildman–Crippen MR) is 61.7 cm³/mol. The number of ether oxygens (including phenoxy) is 1. The lowest BCUT2D eigenvalue weighted by atomic mass is 9.98. The Labute approximate surface area is 104 Å². The molecule has 2 nitrogen and oxygen atoms in total. The van der Waals surface area contributed by atoms with E-state index in [0.29, 0.717) is 25.2 Å². The summed E-state index contributed by atoms with van der Waals surface area (Å²) < 4.78 is 45.6. The Balaban J connectivity index is 2.21. The second-order valence-corrected chi connectivity index (χ2v) is 4.50. The normalized spacial score (nSPS) is 21.2. The van der Waals surface area contributed by atoms with Gasteiger partial charge in [-0.1, -0.05) is 0 Å². The van der Waals surface area contributed by atoms with E-state index in [1.807, 2.05) is 0 Å². The zero-order valence-electron chi connectivity index (χ0n) is 10.2. The molecule has 0 radical (unpaired) electrons. The van der Waals surface area contributed by atoms with Crippen molar-refractivity contribution in [3.8, 4) is 0 Å². The van der Waals surface area contributed by atoms with E-state index in [4.69, 9.17) is 4.74 Å². The van der Waals surface area contributed by atoms with Gasteiger partial charge >= 0.3 is 0 Å². The van der Waals surface area contributed by atoms with Gasteiger partial charge in [0.1, 0.15) is 17.5 Å². The van der Waals surface area contributed by atoms with Crippen LogP contribution in [0, 0.1) is 17.5 Å². The van der Waals surface area contributed by atoms with Gasteiger partial charge < -0.3 is 10.1 Å². The molecular weight excluding hydrogens is 243 g/mol. The molecule has 0 saturated carbocycles. The van der Waals surface area contributed by atoms with E-state index in [1.54, 1.807) is 7.05 Å². The Hall–Kier alpha value is -1.07. The Bertz CT molecular complexity index is 396. The minimum atomic E-state index is -0.902. The Morgan fingerprint density at radius 2 is 2.00 bits per heavy atom. The monoisotopic (exact) mass is 259 g/mol. The van der Waals surface area contributed by atoms with Crippen LogP contribution >= 0.6 is 0 Å². The van der Waals surface area contributed by atoms with Crippen molar-refractivity contribution in [3.05, 3.63) is 35.1 Å². The van der Waals surface area contributed by atoms with Crippen LogP contribution in [-0.4, -0.2) is 19.8 Å². The minimum Gasteiger partial charge on any atom is -0.378 e. The van der Waals surface area contributed by atoms with E-state index >= 15 is 0 Å². The molecule has 2 atom stereocenters. The van der Waals surface area contributed by atoms with Crippen LogP contribution in [0.1, 0.15) is 30.9 Å². The first-order valence-corrected chi connectivity index (χ1v) is 6.05. The molecule has 100 valence electrons. The highest BCUT2D eigenvalue weighted by Gasteiger charge is 2.25. The number of hydrogen-bond acceptors (Lipinski definition) is 2. The smallest absolute Gasteiger partial charge is 0.133 e. The first-order valence-electron chi connectivity index (χ1n) is 6.05. The van der Waals surface area contributed by atoms with E-state index in [2.05, 4.69) is 5.32 Å². The summed E-state index contributed by atoms with van der Waals surface area (Å²) in [6.45, 7) is 0.690. The van der Waals surface area contributed by atoms with Gasteiger partial charge in [0.2, 0.25) is 0 Å². The molecule has 5 heteroatoms. The van der Waals surface area contributed by atoms with Crippen LogP contribution in [0.4, 0.5) is 13.2 Å². The first-order chi connectivity index (χ1) is 8.61. The van der Waals surface area contributed by atoms with Crippen molar-refractivity contribution in [3.63, 3.8) is 0 Å². The fraction of sp³-hybridized carbons (Fsp3) is 0.538. The van der Waals surface area contributed by atoms with Crippen molar-refractivity contribution in [2.45, 2.75) is 31.4 Å². The molecule has 0 aliphatic carbocycles. The lowest BCUT2D eigenvalue weighted by molar-refractivity contribution is 0.0946. The highest BCUT2D eigenvalue weighted by molar-refractivity contribution is 5.24. The van der Waals surface area contributed by atoms with Crippen LogP contribution in [0.25, 0.3) is 0 Å². The molecule has 0 bridgehead atoms. The zero-order valence-corrected chi connectivity index (χ0v) is 10.2. The van der Waals surface area contributed by atoms with Crippen LogP contribution < -0.4 is 5.32 Å². The van der Waals surface area contributed by atoms with Gasteiger partial charge in [-0.15, -0.1) is 0 Å². The molecule has 1 aromatic rings. The molecule has 1 N–H and O–H groups in total. The van der Waals surface area contributed by atoms with Crippen molar-refractivity contribution in [2.75, 3.05) is 13.7 Å². The summed E-state index contributed by atoms with van der Waals surface area (Å²) in [6.07, 6.45) is 2.35. The molecule has 1 aliphatic rings. The average molecular weight is 259 g/mol. The highest BCUT2D eigenvalue weighted by atomic mass is 19.1. The summed E-state index contributed by atoms with van der Waals surface area (Å²) in [5.74, 6) is -2.62. The van der Waals surface area contributed by atoms with Crippen molar-refractivity contribution in [1.29, 1.82) is 0 Å². The van der Waals surface area contributed by atoms with Crippen molar-refractivity contribution in [1.82, 2.24) is 5.32 Å². The van der Waals surface area contributed by atoms with Crippen LogP contribution in [0.15, 0.2) is 12.1 Å². The summed E-state index contributed by atoms with van der Waals surface area (Å²) in [4.78, 5) is 0. The predicted octanol–water partition coefficient (Wildman–Crippen LogP) is 2.93. The van der Waals surface area contributed by atoms with Crippen LogP contribution in [0.2, 0.25) is 0 Å². The standard InChI is InChI=1S/C13H16F3NO/c1-17-12(7-9-3-2-4-18-9)13-10(15)5-8(14)6-11(13)16/h5-6,9,12,17H,2-4,7H2,1H3. The van der Waals surface area contributed by atoms with Gasteiger partial charge in [0.05, 0.1) is 6.10 Å². The second-order valence-electron chi connectivity index (χ2n) is 4.50. The first kappa shape index (κ1) is 13.4. The van der Waals surface area contributed by atoms with Crippen LogP contribution in [-0.2, 0) is 4.74 Å². The summed E-state index contributed by atoms with van der Waals surface area (Å²) >= 11 is 0. The topological polar surface area (TPSA) is 21.3 Å². The summed E-state index contributed by atoms with van der Waals surface area (Å²) in [5, 5.41) is 2.86. The molecule has 0 spiro atoms. The molecule has 2 unspecified atom stereocenters. The van der Waals surface area contributed by atoms with Gasteiger partial charge in [-0.05, 0) is 26.3 Å². The van der Waals surface area contributed by atoms with Gasteiger partial charge in [0.25, 0.3) is 0 Å². The third-order valence-electron chi connectivity index (χ3n) is 3.26. The SMILES string of the molecule is CNC(CC1CCCO1)c1c(F)cc(F)cc1F. The number of rotatable bonds is 4. The molecular formula is C13H16F3NO. The molecule has 1 aromatic carbocycles. The number of hydrogen-bond donors (Lipinski definition) is 1. The fourth-order valence-corrected chi connectivity index (χ4v) is 2.36. The average Bonchev–Trinajstić information content (AvgIpc) is 2.79. The van der Waals surface area contributed by atoms with Gasteiger partial charge in [-0.25, -0.2) is 13.2 Å². The number of benzene rings is 1. The molecule has 0 aromatic heterocycles. The Morgan fingerprint density at radius 3 is 2.50 bits per heavy atom. The minimum absolute atomic E-state index is 0.00584. The molecule has 0 amide bonds. The van der Waals surface area contributed by atoms with Crippen molar-refractivity contribution in [2.24, 2.45) is 0 Å². The highest BCUT2D eigenvalue weighted by Crippen LogP contribution is 2.28. The lowest BCUT2D eigenvalue weighted by Crippen LogP contribution is -2.24. The van der Waals surface area contributed by atoms with Gasteiger partial charge in [-0.3, -0.25) is 0 Å². The van der Waals surface area contributed by atoms with Gasteiger partial charge in [-0.2, -0.15) is 0 Å². The third kappa shape index (κ3) is 2.84. The van der Waals surface area contributed by atoms with Gasteiger partial charge in [0.15, 0.2) is 0 Å².